The Morgan fingerprint density at radius 3 is 1.22 bits per heavy atom. The number of hydrogen-bond acceptors (Lipinski definition) is 3. The molecule has 0 heterocycles. The largest absolute Gasteiger partial charge is 0.726 e. The zero-order chi connectivity index (χ0) is 18.2. The molecule has 0 unspecified atom stereocenters. The van der Waals surface area contributed by atoms with Crippen LogP contribution in [0.15, 0.2) is 0 Å². The first-order valence-corrected chi connectivity index (χ1v) is 10.6. The minimum atomic E-state index is -4.92. The highest BCUT2D eigenvalue weighted by Gasteiger charge is 2.24. The van der Waals surface area contributed by atoms with E-state index in [0.717, 1.165) is 0 Å². The maximum atomic E-state index is 8.63. The third kappa shape index (κ3) is 19.8. The molecule has 0 bridgehead atoms. The number of quaternary nitrogens is 1. The Morgan fingerprint density at radius 1 is 0.696 bits per heavy atom. The van der Waals surface area contributed by atoms with Crippen LogP contribution >= 0.6 is 0 Å². The molecule has 5 nitrogen and oxygen atoms in total. The molecule has 23 heavy (non-hydrogen) atoms. The smallest absolute Gasteiger partial charge is 0.215 e. The van der Waals surface area contributed by atoms with Crippen molar-refractivity contribution < 1.29 is 22.0 Å². The molecule has 0 aromatic rings. The van der Waals surface area contributed by atoms with Crippen LogP contribution in [0.3, 0.4) is 0 Å². The summed E-state index contributed by atoms with van der Waals surface area (Å²) in [6, 6.07) is 0. The standard InChI is InChI=1S/C17H38N.H2O4S/c1-5-9-13-17-18(14-10-6-2,15-11-7-3)16-12-8-4;1-5(2,3)4/h5-17H2,1-4H3;(H2,1,2,3,4)/q+1;/p-1. The molecule has 6 heteroatoms. The molecule has 0 rings (SSSR count). The van der Waals surface area contributed by atoms with Crippen LogP contribution in [0.2, 0.25) is 0 Å². The van der Waals surface area contributed by atoms with Crippen molar-refractivity contribution >= 4 is 10.4 Å². The zero-order valence-corrected chi connectivity index (χ0v) is 16.5. The van der Waals surface area contributed by atoms with Gasteiger partial charge in [-0.25, -0.2) is 8.42 Å². The van der Waals surface area contributed by atoms with Crippen molar-refractivity contribution in [3.8, 4) is 0 Å². The number of rotatable bonds is 13. The first kappa shape index (κ1) is 25.1. The molecule has 1 N–H and O–H groups in total. The summed E-state index contributed by atoms with van der Waals surface area (Å²) in [4.78, 5) is 0. The van der Waals surface area contributed by atoms with Crippen molar-refractivity contribution in [2.24, 2.45) is 0 Å². The Balaban J connectivity index is 0. The van der Waals surface area contributed by atoms with E-state index in [1.807, 2.05) is 0 Å². The van der Waals surface area contributed by atoms with Crippen LogP contribution < -0.4 is 0 Å². The van der Waals surface area contributed by atoms with Crippen molar-refractivity contribution in [3.05, 3.63) is 0 Å². The van der Waals surface area contributed by atoms with Crippen LogP contribution in [0, 0.1) is 0 Å². The molecule has 142 valence electrons. The van der Waals surface area contributed by atoms with Gasteiger partial charge in [0.25, 0.3) is 0 Å². The van der Waals surface area contributed by atoms with Gasteiger partial charge in [0, 0.05) is 0 Å². The molecule has 0 radical (unpaired) electrons. The third-order valence-corrected chi connectivity index (χ3v) is 4.19. The molecular formula is C17H39NO4S. The second-order valence-electron chi connectivity index (χ2n) is 6.43. The molecule has 0 aliphatic carbocycles. The van der Waals surface area contributed by atoms with E-state index < -0.39 is 10.4 Å². The van der Waals surface area contributed by atoms with Gasteiger partial charge in [-0.3, -0.25) is 4.55 Å². The summed E-state index contributed by atoms with van der Waals surface area (Å²) in [5, 5.41) is 0. The molecule has 0 aromatic carbocycles. The quantitative estimate of drug-likeness (QED) is 0.230. The topological polar surface area (TPSA) is 77.4 Å². The second-order valence-corrected chi connectivity index (χ2v) is 7.29. The van der Waals surface area contributed by atoms with E-state index in [9.17, 15) is 0 Å². The highest BCUT2D eigenvalue weighted by molar-refractivity contribution is 7.79. The van der Waals surface area contributed by atoms with Gasteiger partial charge < -0.3 is 9.04 Å². The van der Waals surface area contributed by atoms with Crippen molar-refractivity contribution in [2.75, 3.05) is 26.2 Å². The Hall–Kier alpha value is -0.170. The van der Waals surface area contributed by atoms with Gasteiger partial charge in [-0.2, -0.15) is 0 Å². The SMILES string of the molecule is CCCCC[N+](CCCC)(CCCC)CCCC.O=S(=O)([O-])O. The molecule has 0 aliphatic heterocycles. The molecule has 0 atom stereocenters. The van der Waals surface area contributed by atoms with Crippen molar-refractivity contribution in [3.63, 3.8) is 0 Å². The molecule has 0 fully saturated rings. The van der Waals surface area contributed by atoms with Gasteiger partial charge in [0.15, 0.2) is 0 Å². The summed E-state index contributed by atoms with van der Waals surface area (Å²) in [5.41, 5.74) is 0. The molecule has 0 amide bonds. The van der Waals surface area contributed by atoms with Gasteiger partial charge in [0.2, 0.25) is 10.4 Å². The first-order chi connectivity index (χ1) is 10.7. The lowest BCUT2D eigenvalue weighted by molar-refractivity contribution is -0.929. The predicted molar refractivity (Wildman–Crippen MR) is 96.3 cm³/mol. The summed E-state index contributed by atoms with van der Waals surface area (Å²) in [5.74, 6) is 0. The van der Waals surface area contributed by atoms with Gasteiger partial charge in [0.1, 0.15) is 0 Å². The fourth-order valence-electron chi connectivity index (χ4n) is 2.85. The van der Waals surface area contributed by atoms with Crippen LogP contribution in [0.4, 0.5) is 0 Å². The average Bonchev–Trinajstić information content (AvgIpc) is 2.47. The molecule has 0 aromatic heterocycles. The summed E-state index contributed by atoms with van der Waals surface area (Å²) in [6.45, 7) is 15.0. The van der Waals surface area contributed by atoms with E-state index in [4.69, 9.17) is 17.5 Å². The Labute approximate surface area is 144 Å². The fraction of sp³-hybridized carbons (Fsp3) is 1.00. The minimum Gasteiger partial charge on any atom is -0.726 e. The summed E-state index contributed by atoms with van der Waals surface area (Å²) in [6.07, 6.45) is 12.5. The molecule has 0 aliphatic rings. The fourth-order valence-corrected chi connectivity index (χ4v) is 2.85. The van der Waals surface area contributed by atoms with E-state index in [1.165, 1.54) is 88.4 Å². The highest BCUT2D eigenvalue weighted by atomic mass is 32.3. The monoisotopic (exact) mass is 353 g/mol. The Morgan fingerprint density at radius 2 is 0.957 bits per heavy atom. The number of hydrogen-bond donors (Lipinski definition) is 1. The molecular weight excluding hydrogens is 314 g/mol. The maximum Gasteiger partial charge on any atom is 0.215 e. The van der Waals surface area contributed by atoms with Gasteiger partial charge in [0.05, 0.1) is 26.2 Å². The van der Waals surface area contributed by atoms with Gasteiger partial charge in [-0.15, -0.1) is 0 Å². The van der Waals surface area contributed by atoms with E-state index in [2.05, 4.69) is 27.7 Å². The van der Waals surface area contributed by atoms with Crippen LogP contribution in [0.25, 0.3) is 0 Å². The molecule has 0 saturated carbocycles. The summed E-state index contributed by atoms with van der Waals surface area (Å²) < 4.78 is 34.3. The van der Waals surface area contributed by atoms with E-state index in [1.54, 1.807) is 0 Å². The van der Waals surface area contributed by atoms with E-state index in [0.29, 0.717) is 0 Å². The first-order valence-electron chi connectivity index (χ1n) is 9.28. The maximum absolute atomic E-state index is 8.63. The molecule has 0 spiro atoms. The summed E-state index contributed by atoms with van der Waals surface area (Å²) >= 11 is 0. The van der Waals surface area contributed by atoms with Crippen molar-refractivity contribution in [2.45, 2.75) is 85.5 Å². The van der Waals surface area contributed by atoms with Crippen molar-refractivity contribution in [1.82, 2.24) is 0 Å². The predicted octanol–water partition coefficient (Wildman–Crippen LogP) is 4.40. The normalized spacial score (nSPS) is 11.9. The minimum absolute atomic E-state index is 1.35. The van der Waals surface area contributed by atoms with Crippen LogP contribution in [0.5, 0.6) is 0 Å². The number of nitrogens with zero attached hydrogens (tertiary/aromatic N) is 1. The average molecular weight is 354 g/mol. The van der Waals surface area contributed by atoms with Gasteiger partial charge in [-0.1, -0.05) is 53.4 Å². The Kier molecular flexibility index (Phi) is 16.7. The number of unbranched alkanes of at least 4 members (excludes halogenated alkanes) is 5. The zero-order valence-electron chi connectivity index (χ0n) is 15.7. The third-order valence-electron chi connectivity index (χ3n) is 4.19. The lowest BCUT2D eigenvalue weighted by Gasteiger charge is -2.39. The second kappa shape index (κ2) is 15.4. The highest BCUT2D eigenvalue weighted by Crippen LogP contribution is 2.16. The Bertz CT molecular complexity index is 315. The van der Waals surface area contributed by atoms with Gasteiger partial charge >= 0.3 is 0 Å². The molecule has 0 saturated heterocycles. The van der Waals surface area contributed by atoms with E-state index in [-0.39, 0.29) is 0 Å². The van der Waals surface area contributed by atoms with Crippen LogP contribution in [0.1, 0.15) is 85.5 Å². The van der Waals surface area contributed by atoms with Crippen molar-refractivity contribution in [1.29, 1.82) is 0 Å². The van der Waals surface area contributed by atoms with Crippen LogP contribution in [-0.4, -0.2) is 48.2 Å². The van der Waals surface area contributed by atoms with Crippen LogP contribution in [-0.2, 0) is 10.4 Å². The van der Waals surface area contributed by atoms with Gasteiger partial charge in [-0.05, 0) is 32.1 Å². The lowest BCUT2D eigenvalue weighted by atomic mass is 10.1. The summed E-state index contributed by atoms with van der Waals surface area (Å²) in [7, 11) is -4.92. The lowest BCUT2D eigenvalue weighted by Crippen LogP contribution is -2.50. The van der Waals surface area contributed by atoms with E-state index >= 15 is 0 Å².